The minimum absolute atomic E-state index is 0.0533. The highest BCUT2D eigenvalue weighted by molar-refractivity contribution is 5.95. The highest BCUT2D eigenvalue weighted by atomic mass is 16.2. The lowest BCUT2D eigenvalue weighted by Gasteiger charge is -2.12. The fourth-order valence-electron chi connectivity index (χ4n) is 1.91. The third-order valence-electron chi connectivity index (χ3n) is 3.13. The van der Waals surface area contributed by atoms with Crippen molar-refractivity contribution in [1.82, 2.24) is 14.7 Å². The van der Waals surface area contributed by atoms with Crippen molar-refractivity contribution in [3.05, 3.63) is 41.7 Å². The summed E-state index contributed by atoms with van der Waals surface area (Å²) in [7, 11) is 3.45. The molecule has 0 aliphatic rings. The fraction of sp³-hybridized carbons (Fsp3) is 0.333. The lowest BCUT2D eigenvalue weighted by molar-refractivity contribution is 0.0827. The zero-order chi connectivity index (χ0) is 14.9. The molecule has 1 aromatic carbocycles. The van der Waals surface area contributed by atoms with E-state index < -0.39 is 0 Å². The monoisotopic (exact) mass is 272 g/mol. The molecule has 1 heterocycles. The van der Waals surface area contributed by atoms with Crippen LogP contribution in [0.2, 0.25) is 0 Å². The highest BCUT2D eigenvalue weighted by Gasteiger charge is 2.12. The van der Waals surface area contributed by atoms with Crippen molar-refractivity contribution in [2.24, 2.45) is 0 Å². The molecule has 0 radical (unpaired) electrons. The number of hydrogen-bond acceptors (Lipinski definition) is 3. The van der Waals surface area contributed by atoms with Gasteiger partial charge in [0.1, 0.15) is 0 Å². The zero-order valence-corrected chi connectivity index (χ0v) is 12.3. The molecule has 106 valence electrons. The van der Waals surface area contributed by atoms with E-state index in [1.54, 1.807) is 37.0 Å². The van der Waals surface area contributed by atoms with E-state index in [2.05, 4.69) is 18.9 Å². The van der Waals surface area contributed by atoms with Crippen LogP contribution in [-0.4, -0.2) is 34.7 Å². The maximum atomic E-state index is 12.0. The number of aromatic nitrogens is 2. The summed E-state index contributed by atoms with van der Waals surface area (Å²) in [5.74, 6) is 0.298. The molecule has 1 amide bonds. The zero-order valence-electron chi connectivity index (χ0n) is 12.3. The number of anilines is 1. The number of carbonyl (C=O) groups is 1. The van der Waals surface area contributed by atoms with Crippen LogP contribution in [0.15, 0.2) is 30.5 Å². The number of carbonyl (C=O) groups excluding carboxylic acids is 1. The number of nitrogen functional groups attached to an aromatic ring is 1. The van der Waals surface area contributed by atoms with Gasteiger partial charge in [0.05, 0.1) is 17.1 Å². The van der Waals surface area contributed by atoms with Crippen LogP contribution < -0.4 is 5.73 Å². The van der Waals surface area contributed by atoms with E-state index in [1.165, 1.54) is 4.90 Å². The molecule has 2 N–H and O–H groups in total. The second-order valence-electron chi connectivity index (χ2n) is 5.31. The Morgan fingerprint density at radius 1 is 1.30 bits per heavy atom. The van der Waals surface area contributed by atoms with Crippen LogP contribution in [0.4, 0.5) is 5.69 Å². The normalized spacial score (nSPS) is 10.8. The molecule has 0 aliphatic heterocycles. The summed E-state index contributed by atoms with van der Waals surface area (Å²) in [6, 6.07) is 7.20. The van der Waals surface area contributed by atoms with E-state index >= 15 is 0 Å². The summed E-state index contributed by atoms with van der Waals surface area (Å²) in [5, 5.41) is 4.50. The highest BCUT2D eigenvalue weighted by Crippen LogP contribution is 2.21. The van der Waals surface area contributed by atoms with Crippen LogP contribution >= 0.6 is 0 Å². The predicted octanol–water partition coefficient (Wildman–Crippen LogP) is 2.28. The number of benzene rings is 1. The second kappa shape index (κ2) is 5.36. The first-order chi connectivity index (χ1) is 9.40. The predicted molar refractivity (Wildman–Crippen MR) is 80.1 cm³/mol. The smallest absolute Gasteiger partial charge is 0.253 e. The number of amides is 1. The first-order valence-corrected chi connectivity index (χ1v) is 6.57. The molecule has 5 heteroatoms. The molecule has 1 aromatic heterocycles. The van der Waals surface area contributed by atoms with Crippen molar-refractivity contribution in [2.75, 3.05) is 19.8 Å². The molecule has 0 fully saturated rings. The maximum absolute atomic E-state index is 12.0. The van der Waals surface area contributed by atoms with E-state index in [9.17, 15) is 4.79 Å². The maximum Gasteiger partial charge on any atom is 0.253 e. The molecule has 0 atom stereocenters. The molecule has 0 aliphatic carbocycles. The second-order valence-corrected chi connectivity index (χ2v) is 5.31. The largest absolute Gasteiger partial charge is 0.397 e. The van der Waals surface area contributed by atoms with Crippen LogP contribution in [0.5, 0.6) is 0 Å². The molecule has 20 heavy (non-hydrogen) atoms. The van der Waals surface area contributed by atoms with Crippen LogP contribution in [0.1, 0.15) is 35.8 Å². The van der Waals surface area contributed by atoms with Gasteiger partial charge in [-0.2, -0.15) is 5.10 Å². The molecule has 0 spiro atoms. The minimum atomic E-state index is -0.0533. The average Bonchev–Trinajstić information content (AvgIpc) is 2.88. The van der Waals surface area contributed by atoms with Crippen molar-refractivity contribution in [3.8, 4) is 5.69 Å². The van der Waals surface area contributed by atoms with Gasteiger partial charge in [-0.25, -0.2) is 4.68 Å². The Morgan fingerprint density at radius 3 is 2.55 bits per heavy atom. The van der Waals surface area contributed by atoms with E-state index in [-0.39, 0.29) is 5.91 Å². The third kappa shape index (κ3) is 2.66. The standard InChI is InChI=1S/C15H20N4O/c1-10(2)13-7-8-19(17-13)14-9-11(5-6-12(14)16)15(20)18(3)4/h5-10H,16H2,1-4H3. The SMILES string of the molecule is CC(C)c1ccn(-c2cc(C(=O)N(C)C)ccc2N)n1. The Labute approximate surface area is 119 Å². The minimum Gasteiger partial charge on any atom is -0.397 e. The number of rotatable bonds is 3. The Morgan fingerprint density at radius 2 is 2.00 bits per heavy atom. The van der Waals surface area contributed by atoms with E-state index in [0.29, 0.717) is 17.2 Å². The lowest BCUT2D eigenvalue weighted by atomic mass is 10.1. The molecule has 0 bridgehead atoms. The average molecular weight is 272 g/mol. The molecule has 0 saturated carbocycles. The molecular formula is C15H20N4O. The van der Waals surface area contributed by atoms with Crippen molar-refractivity contribution >= 4 is 11.6 Å². The Hall–Kier alpha value is -2.30. The van der Waals surface area contributed by atoms with Gasteiger partial charge in [0.15, 0.2) is 0 Å². The first kappa shape index (κ1) is 14.1. The van der Waals surface area contributed by atoms with Crippen LogP contribution in [0.25, 0.3) is 5.69 Å². The van der Waals surface area contributed by atoms with Gasteiger partial charge in [0.2, 0.25) is 0 Å². The van der Waals surface area contributed by atoms with Gasteiger partial charge in [-0.05, 0) is 30.2 Å². The Balaban J connectivity index is 2.44. The van der Waals surface area contributed by atoms with Gasteiger partial charge < -0.3 is 10.6 Å². The van der Waals surface area contributed by atoms with Gasteiger partial charge in [0.25, 0.3) is 5.91 Å². The quantitative estimate of drug-likeness (QED) is 0.872. The molecule has 2 aromatic rings. The van der Waals surface area contributed by atoms with E-state index in [0.717, 1.165) is 11.4 Å². The van der Waals surface area contributed by atoms with Gasteiger partial charge in [0, 0.05) is 25.9 Å². The van der Waals surface area contributed by atoms with Crippen molar-refractivity contribution in [3.63, 3.8) is 0 Å². The number of hydrogen-bond donors (Lipinski definition) is 1. The summed E-state index contributed by atoms with van der Waals surface area (Å²) in [5.41, 5.74) is 8.91. The number of nitrogens with two attached hydrogens (primary N) is 1. The lowest BCUT2D eigenvalue weighted by Crippen LogP contribution is -2.22. The molecule has 0 saturated heterocycles. The molecular weight excluding hydrogens is 252 g/mol. The Kier molecular flexibility index (Phi) is 3.79. The van der Waals surface area contributed by atoms with Gasteiger partial charge >= 0.3 is 0 Å². The molecule has 2 rings (SSSR count). The van der Waals surface area contributed by atoms with E-state index in [1.807, 2.05) is 12.3 Å². The fourth-order valence-corrected chi connectivity index (χ4v) is 1.91. The van der Waals surface area contributed by atoms with Crippen molar-refractivity contribution in [2.45, 2.75) is 19.8 Å². The summed E-state index contributed by atoms with van der Waals surface area (Å²) < 4.78 is 1.72. The van der Waals surface area contributed by atoms with E-state index in [4.69, 9.17) is 5.73 Å². The van der Waals surface area contributed by atoms with Gasteiger partial charge in [-0.1, -0.05) is 13.8 Å². The first-order valence-electron chi connectivity index (χ1n) is 6.57. The third-order valence-corrected chi connectivity index (χ3v) is 3.13. The van der Waals surface area contributed by atoms with Crippen LogP contribution in [0.3, 0.4) is 0 Å². The van der Waals surface area contributed by atoms with Crippen LogP contribution in [0, 0.1) is 0 Å². The van der Waals surface area contributed by atoms with Crippen molar-refractivity contribution < 1.29 is 4.79 Å². The summed E-state index contributed by atoms with van der Waals surface area (Å²) in [6.07, 6.45) is 1.87. The molecule has 0 unspecified atom stereocenters. The summed E-state index contributed by atoms with van der Waals surface area (Å²) in [6.45, 7) is 4.17. The summed E-state index contributed by atoms with van der Waals surface area (Å²) in [4.78, 5) is 13.5. The number of nitrogens with zero attached hydrogens (tertiary/aromatic N) is 3. The van der Waals surface area contributed by atoms with Gasteiger partial charge in [-0.15, -0.1) is 0 Å². The Bertz CT molecular complexity index is 629. The van der Waals surface area contributed by atoms with Crippen molar-refractivity contribution in [1.29, 1.82) is 0 Å². The van der Waals surface area contributed by atoms with Gasteiger partial charge in [-0.3, -0.25) is 4.79 Å². The van der Waals surface area contributed by atoms with Crippen LogP contribution in [-0.2, 0) is 0 Å². The summed E-state index contributed by atoms with van der Waals surface area (Å²) >= 11 is 0. The topological polar surface area (TPSA) is 64.2 Å². The molecule has 5 nitrogen and oxygen atoms in total.